The molecule has 0 saturated carbocycles. The molecule has 3 aromatic rings. The van der Waals surface area contributed by atoms with Crippen molar-refractivity contribution in [3.63, 3.8) is 0 Å². The van der Waals surface area contributed by atoms with E-state index in [0.29, 0.717) is 11.5 Å². The molecular formula is C13H9NO2S. The Balaban J connectivity index is 2.09. The predicted molar refractivity (Wildman–Crippen MR) is 66.5 cm³/mol. The second-order valence-electron chi connectivity index (χ2n) is 3.85. The van der Waals surface area contributed by atoms with Crippen LogP contribution >= 0.6 is 11.3 Å². The number of nitrogens with zero attached hydrogens (tertiary/aromatic N) is 1. The van der Waals surface area contributed by atoms with E-state index < -0.39 is 0 Å². The maximum atomic E-state index is 12.0. The zero-order valence-corrected chi connectivity index (χ0v) is 9.95. The van der Waals surface area contributed by atoms with Crippen LogP contribution in [-0.4, -0.2) is 10.8 Å². The lowest BCUT2D eigenvalue weighted by Gasteiger charge is -1.90. The van der Waals surface area contributed by atoms with Crippen molar-refractivity contribution in [3.05, 3.63) is 52.2 Å². The molecular weight excluding hydrogens is 234 g/mol. The van der Waals surface area contributed by atoms with Crippen LogP contribution in [0, 0.1) is 6.92 Å². The third kappa shape index (κ3) is 1.76. The highest BCUT2D eigenvalue weighted by molar-refractivity contribution is 7.07. The highest BCUT2D eigenvalue weighted by atomic mass is 32.1. The Morgan fingerprint density at radius 3 is 3.00 bits per heavy atom. The fourth-order valence-electron chi connectivity index (χ4n) is 1.73. The van der Waals surface area contributed by atoms with Crippen LogP contribution in [0.25, 0.3) is 11.0 Å². The molecule has 0 bridgehead atoms. The maximum absolute atomic E-state index is 12.0. The van der Waals surface area contributed by atoms with E-state index in [9.17, 15) is 4.79 Å². The average molecular weight is 243 g/mol. The number of carbonyl (C=O) groups excluding carboxylic acids is 1. The minimum Gasteiger partial charge on any atom is -0.453 e. The molecule has 3 rings (SSSR count). The zero-order chi connectivity index (χ0) is 11.8. The molecule has 0 spiro atoms. The molecule has 0 radical (unpaired) electrons. The number of aryl methyl sites for hydroxylation is 1. The van der Waals surface area contributed by atoms with Crippen LogP contribution < -0.4 is 0 Å². The Bertz CT molecular complexity index is 683. The summed E-state index contributed by atoms with van der Waals surface area (Å²) in [6.07, 6.45) is 0. The molecule has 17 heavy (non-hydrogen) atoms. The largest absolute Gasteiger partial charge is 0.453 e. The first-order valence-corrected chi connectivity index (χ1v) is 6.11. The summed E-state index contributed by atoms with van der Waals surface area (Å²) in [6, 6.07) is 7.60. The highest BCUT2D eigenvalue weighted by Gasteiger charge is 2.16. The van der Waals surface area contributed by atoms with Crippen molar-refractivity contribution in [2.45, 2.75) is 6.92 Å². The molecule has 0 aliphatic heterocycles. The number of carbonyl (C=O) groups is 1. The highest BCUT2D eigenvalue weighted by Crippen LogP contribution is 2.22. The van der Waals surface area contributed by atoms with Gasteiger partial charge in [0.2, 0.25) is 5.78 Å². The first-order chi connectivity index (χ1) is 8.24. The SMILES string of the molecule is Cc1ccc2oc(C(=O)c3cscn3)cc2c1. The van der Waals surface area contributed by atoms with Gasteiger partial charge in [0.1, 0.15) is 11.3 Å². The smallest absolute Gasteiger partial charge is 0.247 e. The number of rotatable bonds is 2. The number of ketones is 1. The average Bonchev–Trinajstić information content (AvgIpc) is 2.96. The normalized spacial score (nSPS) is 10.9. The van der Waals surface area contributed by atoms with Gasteiger partial charge in [0.15, 0.2) is 5.76 Å². The maximum Gasteiger partial charge on any atom is 0.247 e. The number of hydrogen-bond acceptors (Lipinski definition) is 4. The molecule has 0 aliphatic rings. The summed E-state index contributed by atoms with van der Waals surface area (Å²) in [6.45, 7) is 2.01. The summed E-state index contributed by atoms with van der Waals surface area (Å²) in [5, 5.41) is 2.67. The quantitative estimate of drug-likeness (QED) is 0.647. The third-order valence-corrected chi connectivity index (χ3v) is 3.15. The van der Waals surface area contributed by atoms with Gasteiger partial charge in [0.05, 0.1) is 5.51 Å². The van der Waals surface area contributed by atoms with E-state index >= 15 is 0 Å². The van der Waals surface area contributed by atoms with Gasteiger partial charge in [-0.05, 0) is 25.1 Å². The molecule has 0 atom stereocenters. The number of hydrogen-bond donors (Lipinski definition) is 0. The summed E-state index contributed by atoms with van der Waals surface area (Å²) in [5.41, 5.74) is 3.95. The van der Waals surface area contributed by atoms with Gasteiger partial charge in [0, 0.05) is 10.8 Å². The minimum absolute atomic E-state index is 0.167. The molecule has 2 heterocycles. The van der Waals surface area contributed by atoms with Crippen molar-refractivity contribution in [1.82, 2.24) is 4.98 Å². The molecule has 0 unspecified atom stereocenters. The van der Waals surface area contributed by atoms with Crippen molar-refractivity contribution >= 4 is 28.1 Å². The molecule has 0 amide bonds. The Kier molecular flexibility index (Phi) is 2.30. The van der Waals surface area contributed by atoms with E-state index in [1.165, 1.54) is 11.3 Å². The molecule has 0 fully saturated rings. The second kappa shape index (κ2) is 3.82. The van der Waals surface area contributed by atoms with Crippen molar-refractivity contribution < 1.29 is 9.21 Å². The molecule has 1 aromatic carbocycles. The van der Waals surface area contributed by atoms with Gasteiger partial charge < -0.3 is 4.42 Å². The minimum atomic E-state index is -0.167. The number of benzene rings is 1. The first kappa shape index (κ1) is 10.2. The fraction of sp³-hybridized carbons (Fsp3) is 0.0769. The van der Waals surface area contributed by atoms with Gasteiger partial charge in [0.25, 0.3) is 0 Å². The summed E-state index contributed by atoms with van der Waals surface area (Å²) in [5.74, 6) is 0.177. The number of fused-ring (bicyclic) bond motifs is 1. The number of thiazole rings is 1. The molecule has 0 N–H and O–H groups in total. The van der Waals surface area contributed by atoms with Crippen LogP contribution in [0.15, 0.2) is 39.6 Å². The lowest BCUT2D eigenvalue weighted by molar-refractivity contribution is 0.101. The Morgan fingerprint density at radius 2 is 2.24 bits per heavy atom. The molecule has 0 aliphatic carbocycles. The van der Waals surface area contributed by atoms with Gasteiger partial charge >= 0.3 is 0 Å². The van der Waals surface area contributed by atoms with Crippen LogP contribution in [0.4, 0.5) is 0 Å². The fourth-order valence-corrected chi connectivity index (χ4v) is 2.26. The van der Waals surface area contributed by atoms with Crippen LogP contribution in [0.2, 0.25) is 0 Å². The van der Waals surface area contributed by atoms with Crippen molar-refractivity contribution in [2.24, 2.45) is 0 Å². The van der Waals surface area contributed by atoms with Gasteiger partial charge in [-0.25, -0.2) is 4.98 Å². The van der Waals surface area contributed by atoms with Crippen molar-refractivity contribution in [2.75, 3.05) is 0 Å². The van der Waals surface area contributed by atoms with E-state index in [2.05, 4.69) is 4.98 Å². The van der Waals surface area contributed by atoms with Crippen molar-refractivity contribution in [3.8, 4) is 0 Å². The molecule has 84 valence electrons. The second-order valence-corrected chi connectivity index (χ2v) is 4.57. The van der Waals surface area contributed by atoms with Crippen LogP contribution in [-0.2, 0) is 0 Å². The summed E-state index contributed by atoms with van der Waals surface area (Å²) < 4.78 is 5.52. The first-order valence-electron chi connectivity index (χ1n) is 5.17. The Hall–Kier alpha value is -1.94. The van der Waals surface area contributed by atoms with Crippen LogP contribution in [0.3, 0.4) is 0 Å². The molecule has 2 aromatic heterocycles. The van der Waals surface area contributed by atoms with Crippen LogP contribution in [0.5, 0.6) is 0 Å². The van der Waals surface area contributed by atoms with Gasteiger partial charge in [-0.2, -0.15) is 0 Å². The van der Waals surface area contributed by atoms with E-state index in [-0.39, 0.29) is 5.78 Å². The zero-order valence-electron chi connectivity index (χ0n) is 9.14. The van der Waals surface area contributed by atoms with E-state index in [0.717, 1.165) is 16.5 Å². The third-order valence-electron chi connectivity index (χ3n) is 2.56. The Labute approximate surface area is 102 Å². The van der Waals surface area contributed by atoms with E-state index in [1.54, 1.807) is 17.0 Å². The van der Waals surface area contributed by atoms with Crippen LogP contribution in [0.1, 0.15) is 21.8 Å². The predicted octanol–water partition coefficient (Wildman–Crippen LogP) is 3.43. The van der Waals surface area contributed by atoms with Crippen molar-refractivity contribution in [1.29, 1.82) is 0 Å². The summed E-state index contributed by atoms with van der Waals surface area (Å²) in [7, 11) is 0. The summed E-state index contributed by atoms with van der Waals surface area (Å²) in [4.78, 5) is 16.0. The van der Waals surface area contributed by atoms with Gasteiger partial charge in [-0.15, -0.1) is 11.3 Å². The lowest BCUT2D eigenvalue weighted by Crippen LogP contribution is -1.98. The number of aromatic nitrogens is 1. The van der Waals surface area contributed by atoms with E-state index in [1.807, 2.05) is 25.1 Å². The van der Waals surface area contributed by atoms with E-state index in [4.69, 9.17) is 4.42 Å². The number of furan rings is 1. The molecule has 0 saturated heterocycles. The molecule has 3 nitrogen and oxygen atoms in total. The molecule has 4 heteroatoms. The topological polar surface area (TPSA) is 43.1 Å². The van der Waals surface area contributed by atoms with Gasteiger partial charge in [-0.1, -0.05) is 11.6 Å². The Morgan fingerprint density at radius 1 is 1.35 bits per heavy atom. The standard InChI is InChI=1S/C13H9NO2S/c1-8-2-3-11-9(4-8)5-12(16-11)13(15)10-6-17-7-14-10/h2-7H,1H3. The van der Waals surface area contributed by atoms with Gasteiger partial charge in [-0.3, -0.25) is 4.79 Å². The monoisotopic (exact) mass is 243 g/mol. The summed E-state index contributed by atoms with van der Waals surface area (Å²) >= 11 is 1.40. The lowest BCUT2D eigenvalue weighted by atomic mass is 10.1.